The van der Waals surface area contributed by atoms with Crippen molar-refractivity contribution in [2.75, 3.05) is 5.75 Å². The quantitative estimate of drug-likeness (QED) is 0.658. The largest absolute Gasteiger partial charge is 0.345 e. The lowest BCUT2D eigenvalue weighted by Gasteiger charge is -2.26. The van der Waals surface area contributed by atoms with Crippen molar-refractivity contribution in [1.29, 1.82) is 0 Å². The lowest BCUT2D eigenvalue weighted by molar-refractivity contribution is 0.0936. The summed E-state index contributed by atoms with van der Waals surface area (Å²) in [7, 11) is 0. The van der Waals surface area contributed by atoms with Crippen LogP contribution in [0.1, 0.15) is 72.7 Å². The highest BCUT2D eigenvalue weighted by atomic mass is 32.2. The summed E-state index contributed by atoms with van der Waals surface area (Å²) >= 11 is 1.52. The zero-order valence-corrected chi connectivity index (χ0v) is 17.3. The van der Waals surface area contributed by atoms with Gasteiger partial charge in [-0.05, 0) is 50.8 Å². The molecule has 5 rings (SSSR count). The van der Waals surface area contributed by atoms with Crippen LogP contribution in [0.15, 0.2) is 35.4 Å². The van der Waals surface area contributed by atoms with Gasteiger partial charge in [0.2, 0.25) is 0 Å². The number of fused-ring (bicyclic) bond motifs is 2. The number of nitrogens with zero attached hydrogens (tertiary/aromatic N) is 3. The molecule has 150 valence electrons. The van der Waals surface area contributed by atoms with Crippen molar-refractivity contribution in [1.82, 2.24) is 20.1 Å². The molecular formula is C22H23FN4OS. The van der Waals surface area contributed by atoms with E-state index in [2.05, 4.69) is 24.3 Å². The van der Waals surface area contributed by atoms with Crippen LogP contribution >= 0.6 is 11.8 Å². The average Bonchev–Trinajstić information content (AvgIpc) is 3.46. The van der Waals surface area contributed by atoms with Gasteiger partial charge >= 0.3 is 0 Å². The molecule has 0 saturated heterocycles. The number of aromatic nitrogens is 3. The maximum absolute atomic E-state index is 14.2. The summed E-state index contributed by atoms with van der Waals surface area (Å²) in [5, 5.41) is 8.40. The number of pyridine rings is 1. The fourth-order valence-electron chi connectivity index (χ4n) is 3.96. The fraction of sp³-hybridized carbons (Fsp3) is 0.409. The van der Waals surface area contributed by atoms with E-state index in [0.29, 0.717) is 16.4 Å². The number of thioether (sulfide) groups is 1. The predicted octanol–water partition coefficient (Wildman–Crippen LogP) is 5.00. The number of benzene rings is 1. The second-order valence-electron chi connectivity index (χ2n) is 8.11. The molecule has 1 saturated carbocycles. The molecule has 29 heavy (non-hydrogen) atoms. The van der Waals surface area contributed by atoms with Gasteiger partial charge in [0.1, 0.15) is 5.82 Å². The minimum atomic E-state index is -0.216. The van der Waals surface area contributed by atoms with Crippen LogP contribution in [0.4, 0.5) is 4.39 Å². The Morgan fingerprint density at radius 2 is 2.14 bits per heavy atom. The number of halogens is 1. The number of hydrogen-bond donors (Lipinski definition) is 1. The highest BCUT2D eigenvalue weighted by Gasteiger charge is 2.30. The van der Waals surface area contributed by atoms with Crippen LogP contribution < -0.4 is 5.32 Å². The monoisotopic (exact) mass is 410 g/mol. The van der Waals surface area contributed by atoms with Gasteiger partial charge < -0.3 is 5.32 Å². The van der Waals surface area contributed by atoms with Crippen molar-refractivity contribution in [3.63, 3.8) is 0 Å². The molecule has 2 aliphatic rings. The summed E-state index contributed by atoms with van der Waals surface area (Å²) in [6, 6.07) is 6.99. The SMILES string of the molecule is CC(C)n1ncc2c(C(=O)NC3CCSc4c(F)cccc43)cc(C3CC3)nc21. The van der Waals surface area contributed by atoms with Gasteiger partial charge in [0.05, 0.1) is 23.2 Å². The molecule has 0 spiro atoms. The van der Waals surface area contributed by atoms with Crippen LogP contribution in [0.5, 0.6) is 0 Å². The van der Waals surface area contributed by atoms with Crippen LogP contribution in [0.2, 0.25) is 0 Å². The van der Waals surface area contributed by atoms with Crippen LogP contribution in [0.3, 0.4) is 0 Å². The van der Waals surface area contributed by atoms with Gasteiger partial charge in [0.15, 0.2) is 5.65 Å². The summed E-state index contributed by atoms with van der Waals surface area (Å²) in [5.41, 5.74) is 3.20. The molecule has 7 heteroatoms. The van der Waals surface area contributed by atoms with Crippen LogP contribution in [0, 0.1) is 5.82 Å². The molecule has 1 N–H and O–H groups in total. The third-order valence-corrected chi connectivity index (χ3v) is 6.81. The number of amides is 1. The van der Waals surface area contributed by atoms with E-state index in [4.69, 9.17) is 4.98 Å². The Morgan fingerprint density at radius 3 is 2.90 bits per heavy atom. The summed E-state index contributed by atoms with van der Waals surface area (Å²) in [5.74, 6) is 0.854. The second kappa shape index (κ2) is 7.13. The normalized spacial score (nSPS) is 18.8. The summed E-state index contributed by atoms with van der Waals surface area (Å²) in [6.07, 6.45) is 4.74. The van der Waals surface area contributed by atoms with Crippen molar-refractivity contribution in [3.05, 3.63) is 53.1 Å². The molecule has 5 nitrogen and oxygen atoms in total. The molecule has 1 fully saturated rings. The fourth-order valence-corrected chi connectivity index (χ4v) is 5.10. The molecule has 1 aliphatic heterocycles. The smallest absolute Gasteiger partial charge is 0.252 e. The van der Waals surface area contributed by atoms with Crippen molar-refractivity contribution in [3.8, 4) is 0 Å². The van der Waals surface area contributed by atoms with Gasteiger partial charge in [-0.2, -0.15) is 5.10 Å². The molecule has 1 aliphatic carbocycles. The number of nitrogens with one attached hydrogen (secondary N) is 1. The molecule has 0 radical (unpaired) electrons. The molecule has 0 bridgehead atoms. The molecule has 3 aromatic rings. The number of carbonyl (C=O) groups excluding carboxylic acids is 1. The van der Waals surface area contributed by atoms with E-state index in [1.807, 2.05) is 16.8 Å². The maximum atomic E-state index is 14.2. The van der Waals surface area contributed by atoms with E-state index in [9.17, 15) is 9.18 Å². The van der Waals surface area contributed by atoms with Gasteiger partial charge in [-0.1, -0.05) is 12.1 Å². The molecule has 2 aromatic heterocycles. The lowest BCUT2D eigenvalue weighted by Crippen LogP contribution is -2.31. The zero-order chi connectivity index (χ0) is 20.1. The Bertz CT molecular complexity index is 1110. The van der Waals surface area contributed by atoms with Gasteiger partial charge in [0.25, 0.3) is 5.91 Å². The van der Waals surface area contributed by atoms with Crippen LogP contribution in [-0.2, 0) is 0 Å². The van der Waals surface area contributed by atoms with Crippen LogP contribution in [0.25, 0.3) is 11.0 Å². The van der Waals surface area contributed by atoms with E-state index in [-0.39, 0.29) is 23.8 Å². The Labute approximate surface area is 173 Å². The third-order valence-electron chi connectivity index (χ3n) is 5.65. The van der Waals surface area contributed by atoms with Gasteiger partial charge in [-0.25, -0.2) is 14.1 Å². The van der Waals surface area contributed by atoms with Crippen molar-refractivity contribution in [2.24, 2.45) is 0 Å². The van der Waals surface area contributed by atoms with Gasteiger partial charge in [0, 0.05) is 28.3 Å². The topological polar surface area (TPSA) is 59.8 Å². The zero-order valence-electron chi connectivity index (χ0n) is 16.5. The predicted molar refractivity (Wildman–Crippen MR) is 112 cm³/mol. The van der Waals surface area contributed by atoms with E-state index in [1.54, 1.807) is 12.3 Å². The Balaban J connectivity index is 1.53. The molecular weight excluding hydrogens is 387 g/mol. The van der Waals surface area contributed by atoms with Gasteiger partial charge in [-0.3, -0.25) is 4.79 Å². The highest BCUT2D eigenvalue weighted by Crippen LogP contribution is 2.41. The average molecular weight is 411 g/mol. The Hall–Kier alpha value is -2.41. The van der Waals surface area contributed by atoms with Crippen molar-refractivity contribution < 1.29 is 9.18 Å². The molecule has 1 unspecified atom stereocenters. The van der Waals surface area contributed by atoms with E-state index < -0.39 is 0 Å². The first-order valence-corrected chi connectivity index (χ1v) is 11.1. The first kappa shape index (κ1) is 18.6. The summed E-state index contributed by atoms with van der Waals surface area (Å²) in [4.78, 5) is 18.8. The second-order valence-corrected chi connectivity index (χ2v) is 9.22. The molecule has 1 amide bonds. The first-order chi connectivity index (χ1) is 14.0. The number of hydrogen-bond acceptors (Lipinski definition) is 4. The molecule has 3 heterocycles. The van der Waals surface area contributed by atoms with E-state index >= 15 is 0 Å². The molecule has 1 atom stereocenters. The summed E-state index contributed by atoms with van der Waals surface area (Å²) < 4.78 is 16.1. The van der Waals surface area contributed by atoms with Gasteiger partial charge in [-0.15, -0.1) is 11.8 Å². The van der Waals surface area contributed by atoms with Crippen molar-refractivity contribution >= 4 is 28.7 Å². The maximum Gasteiger partial charge on any atom is 0.252 e. The third kappa shape index (κ3) is 3.31. The molecule has 1 aromatic carbocycles. The number of rotatable bonds is 4. The first-order valence-electron chi connectivity index (χ1n) is 10.1. The van der Waals surface area contributed by atoms with E-state index in [1.165, 1.54) is 17.8 Å². The van der Waals surface area contributed by atoms with Crippen LogP contribution in [-0.4, -0.2) is 26.4 Å². The summed E-state index contributed by atoms with van der Waals surface area (Å²) in [6.45, 7) is 4.12. The number of carbonyl (C=O) groups is 1. The van der Waals surface area contributed by atoms with E-state index in [0.717, 1.165) is 47.3 Å². The standard InChI is InChI=1S/C22H23FN4OS/c1-12(2)27-21-16(11-24-27)15(10-19(25-21)13-6-7-13)22(28)26-18-8-9-29-20-14(18)4-3-5-17(20)23/h3-5,10-13,18H,6-9H2,1-2H3,(H,26,28). The minimum Gasteiger partial charge on any atom is -0.345 e. The Morgan fingerprint density at radius 1 is 1.31 bits per heavy atom. The minimum absolute atomic E-state index is 0.144. The Kier molecular flexibility index (Phi) is 4.57. The highest BCUT2D eigenvalue weighted by molar-refractivity contribution is 7.99. The lowest BCUT2D eigenvalue weighted by atomic mass is 10.0. The van der Waals surface area contributed by atoms with Crippen molar-refractivity contribution in [2.45, 2.75) is 56.0 Å².